The molecule has 2 aromatic rings. The Bertz CT molecular complexity index is 890. The minimum Gasteiger partial charge on any atom is -0.486 e. The number of amides is 1. The van der Waals surface area contributed by atoms with Crippen LogP contribution < -0.4 is 19.7 Å². The first-order valence-electron chi connectivity index (χ1n) is 10.3. The molecule has 0 aliphatic carbocycles. The number of fused-ring (bicyclic) bond motifs is 1. The van der Waals surface area contributed by atoms with E-state index in [1.165, 1.54) is 19.3 Å². The standard InChI is InChI=1S/C23H26N2O4/c26-20(17-7-9-21-22(15-17)29-14-13-28-21)8-10-23(27)24-18-5-4-6-19(16-18)25-11-2-1-3-12-25/h4-7,9,15-16H,1-3,8,10-14H2,(H,24,27). The molecule has 6 nitrogen and oxygen atoms in total. The van der Waals surface area contributed by atoms with Gasteiger partial charge >= 0.3 is 0 Å². The monoisotopic (exact) mass is 394 g/mol. The van der Waals surface area contributed by atoms with E-state index < -0.39 is 0 Å². The SMILES string of the molecule is O=C(CCC(=O)c1ccc2c(c1)OCCO2)Nc1cccc(N2CCCCC2)c1. The predicted octanol–water partition coefficient (Wildman–Crippen LogP) is 4.05. The fraction of sp³-hybridized carbons (Fsp3) is 0.391. The topological polar surface area (TPSA) is 67.9 Å². The Balaban J connectivity index is 1.31. The van der Waals surface area contributed by atoms with Crippen LogP contribution in [0.3, 0.4) is 0 Å². The summed E-state index contributed by atoms with van der Waals surface area (Å²) < 4.78 is 11.0. The summed E-state index contributed by atoms with van der Waals surface area (Å²) in [6, 6.07) is 13.1. The molecule has 0 aromatic heterocycles. The summed E-state index contributed by atoms with van der Waals surface area (Å²) in [6.07, 6.45) is 3.99. The molecular formula is C23H26N2O4. The van der Waals surface area contributed by atoms with E-state index in [9.17, 15) is 9.59 Å². The van der Waals surface area contributed by atoms with Crippen molar-refractivity contribution in [3.63, 3.8) is 0 Å². The number of hydrogen-bond acceptors (Lipinski definition) is 5. The molecule has 0 saturated carbocycles. The number of rotatable bonds is 6. The van der Waals surface area contributed by atoms with E-state index >= 15 is 0 Å². The number of piperidine rings is 1. The minimum atomic E-state index is -0.160. The number of anilines is 2. The van der Waals surface area contributed by atoms with Crippen molar-refractivity contribution in [3.8, 4) is 11.5 Å². The molecule has 0 unspecified atom stereocenters. The van der Waals surface area contributed by atoms with Crippen LogP contribution in [0.25, 0.3) is 0 Å². The van der Waals surface area contributed by atoms with Gasteiger partial charge in [0, 0.05) is 42.9 Å². The van der Waals surface area contributed by atoms with Gasteiger partial charge < -0.3 is 19.7 Å². The third-order valence-electron chi connectivity index (χ3n) is 5.29. The van der Waals surface area contributed by atoms with E-state index in [1.807, 2.05) is 18.2 Å². The molecule has 2 aromatic carbocycles. The summed E-state index contributed by atoms with van der Waals surface area (Å²) in [4.78, 5) is 27.2. The Kier molecular flexibility index (Phi) is 5.98. The molecule has 0 radical (unpaired) electrons. The molecule has 4 rings (SSSR count). The second-order valence-corrected chi connectivity index (χ2v) is 7.43. The lowest BCUT2D eigenvalue weighted by Crippen LogP contribution is -2.29. The zero-order chi connectivity index (χ0) is 20.1. The maximum atomic E-state index is 12.5. The lowest BCUT2D eigenvalue weighted by atomic mass is 10.1. The molecule has 2 aliphatic heterocycles. The van der Waals surface area contributed by atoms with E-state index in [4.69, 9.17) is 9.47 Å². The number of carbonyl (C=O) groups is 2. The average molecular weight is 394 g/mol. The number of hydrogen-bond donors (Lipinski definition) is 1. The van der Waals surface area contributed by atoms with Crippen molar-refractivity contribution in [3.05, 3.63) is 48.0 Å². The summed E-state index contributed by atoms with van der Waals surface area (Å²) in [5, 5.41) is 2.92. The van der Waals surface area contributed by atoms with Gasteiger partial charge in [0.2, 0.25) is 5.91 Å². The summed E-state index contributed by atoms with van der Waals surface area (Å²) in [5.41, 5.74) is 2.44. The summed E-state index contributed by atoms with van der Waals surface area (Å²) >= 11 is 0. The lowest BCUT2D eigenvalue weighted by molar-refractivity contribution is -0.116. The smallest absolute Gasteiger partial charge is 0.224 e. The van der Waals surface area contributed by atoms with E-state index in [2.05, 4.69) is 16.3 Å². The number of benzene rings is 2. The molecule has 29 heavy (non-hydrogen) atoms. The van der Waals surface area contributed by atoms with Crippen LogP contribution in [-0.4, -0.2) is 38.0 Å². The molecule has 0 atom stereocenters. The van der Waals surface area contributed by atoms with Crippen LogP contribution in [-0.2, 0) is 4.79 Å². The van der Waals surface area contributed by atoms with Crippen molar-refractivity contribution in [1.82, 2.24) is 0 Å². The van der Waals surface area contributed by atoms with Gasteiger partial charge in [0.1, 0.15) is 13.2 Å². The number of ether oxygens (including phenoxy) is 2. The molecule has 1 saturated heterocycles. The second kappa shape index (κ2) is 8.99. The van der Waals surface area contributed by atoms with Gasteiger partial charge in [-0.2, -0.15) is 0 Å². The summed E-state index contributed by atoms with van der Waals surface area (Å²) in [6.45, 7) is 3.10. The van der Waals surface area contributed by atoms with E-state index in [1.54, 1.807) is 18.2 Å². The third kappa shape index (κ3) is 4.88. The normalized spacial score (nSPS) is 15.7. The van der Waals surface area contributed by atoms with Crippen LogP contribution in [0.5, 0.6) is 11.5 Å². The van der Waals surface area contributed by atoms with Crippen LogP contribution >= 0.6 is 0 Å². The van der Waals surface area contributed by atoms with Crippen molar-refractivity contribution in [2.75, 3.05) is 36.5 Å². The second-order valence-electron chi connectivity index (χ2n) is 7.43. The van der Waals surface area contributed by atoms with Gasteiger partial charge in [0.05, 0.1) is 0 Å². The molecule has 1 N–H and O–H groups in total. The summed E-state index contributed by atoms with van der Waals surface area (Å²) in [7, 11) is 0. The highest BCUT2D eigenvalue weighted by molar-refractivity contribution is 6.00. The van der Waals surface area contributed by atoms with Gasteiger partial charge in [-0.3, -0.25) is 9.59 Å². The van der Waals surface area contributed by atoms with E-state index in [0.717, 1.165) is 24.5 Å². The van der Waals surface area contributed by atoms with Crippen LogP contribution in [0.2, 0.25) is 0 Å². The van der Waals surface area contributed by atoms with Crippen molar-refractivity contribution in [2.24, 2.45) is 0 Å². The highest BCUT2D eigenvalue weighted by atomic mass is 16.6. The van der Waals surface area contributed by atoms with E-state index in [-0.39, 0.29) is 24.5 Å². The number of Topliss-reactive ketones (excluding diaryl/α,β-unsaturated/α-hetero) is 1. The molecular weight excluding hydrogens is 368 g/mol. The molecule has 1 amide bonds. The van der Waals surface area contributed by atoms with Gasteiger partial charge in [-0.05, 0) is 55.7 Å². The van der Waals surface area contributed by atoms with Gasteiger partial charge in [0.25, 0.3) is 0 Å². The Morgan fingerprint density at radius 2 is 1.69 bits per heavy atom. The average Bonchev–Trinajstić information content (AvgIpc) is 2.78. The van der Waals surface area contributed by atoms with Crippen LogP contribution in [0.15, 0.2) is 42.5 Å². The van der Waals surface area contributed by atoms with Crippen LogP contribution in [0.1, 0.15) is 42.5 Å². The zero-order valence-electron chi connectivity index (χ0n) is 16.5. The van der Waals surface area contributed by atoms with Gasteiger partial charge in [-0.25, -0.2) is 0 Å². The van der Waals surface area contributed by atoms with Gasteiger partial charge in [0.15, 0.2) is 17.3 Å². The first-order valence-corrected chi connectivity index (χ1v) is 10.3. The van der Waals surface area contributed by atoms with Crippen LogP contribution in [0.4, 0.5) is 11.4 Å². The quantitative estimate of drug-likeness (QED) is 0.749. The first kappa shape index (κ1) is 19.3. The van der Waals surface area contributed by atoms with Crippen molar-refractivity contribution >= 4 is 23.1 Å². The Labute approximate surface area is 170 Å². The highest BCUT2D eigenvalue weighted by Crippen LogP contribution is 2.31. The maximum absolute atomic E-state index is 12.5. The van der Waals surface area contributed by atoms with Gasteiger partial charge in [-0.1, -0.05) is 6.07 Å². The fourth-order valence-corrected chi connectivity index (χ4v) is 3.74. The molecule has 2 aliphatic rings. The number of nitrogens with one attached hydrogen (secondary N) is 1. The molecule has 1 fully saturated rings. The molecule has 2 heterocycles. The number of ketones is 1. The van der Waals surface area contributed by atoms with E-state index in [0.29, 0.717) is 30.3 Å². The first-order chi connectivity index (χ1) is 14.2. The Morgan fingerprint density at radius 3 is 2.52 bits per heavy atom. The van der Waals surface area contributed by atoms with Gasteiger partial charge in [-0.15, -0.1) is 0 Å². The Morgan fingerprint density at radius 1 is 0.897 bits per heavy atom. The van der Waals surface area contributed by atoms with Crippen molar-refractivity contribution < 1.29 is 19.1 Å². The van der Waals surface area contributed by atoms with Crippen molar-refractivity contribution in [1.29, 1.82) is 0 Å². The highest BCUT2D eigenvalue weighted by Gasteiger charge is 2.16. The van der Waals surface area contributed by atoms with Crippen LogP contribution in [0, 0.1) is 0 Å². The van der Waals surface area contributed by atoms with Crippen molar-refractivity contribution in [2.45, 2.75) is 32.1 Å². The lowest BCUT2D eigenvalue weighted by Gasteiger charge is -2.29. The predicted molar refractivity (Wildman–Crippen MR) is 112 cm³/mol. The Hall–Kier alpha value is -3.02. The molecule has 152 valence electrons. The zero-order valence-corrected chi connectivity index (χ0v) is 16.5. The number of nitrogens with zero attached hydrogens (tertiary/aromatic N) is 1. The summed E-state index contributed by atoms with van der Waals surface area (Å²) in [5.74, 6) is 0.992. The molecule has 6 heteroatoms. The minimum absolute atomic E-state index is 0.0841. The number of carbonyl (C=O) groups excluding carboxylic acids is 2. The maximum Gasteiger partial charge on any atom is 0.224 e. The molecule has 0 bridgehead atoms. The largest absolute Gasteiger partial charge is 0.486 e. The molecule has 0 spiro atoms. The fourth-order valence-electron chi connectivity index (χ4n) is 3.74. The third-order valence-corrected chi connectivity index (χ3v) is 5.29.